The van der Waals surface area contributed by atoms with Crippen molar-refractivity contribution in [1.29, 1.82) is 0 Å². The number of carboxylic acids is 1. The third-order valence-corrected chi connectivity index (χ3v) is 4.74. The summed E-state index contributed by atoms with van der Waals surface area (Å²) in [5.41, 5.74) is 0.126. The van der Waals surface area contributed by atoms with Gasteiger partial charge in [-0.25, -0.2) is 9.59 Å². The molecule has 0 aliphatic heterocycles. The zero-order valence-electron chi connectivity index (χ0n) is 16.3. The molecule has 4 heteroatoms. The summed E-state index contributed by atoms with van der Waals surface area (Å²) in [6.07, 6.45) is 12.8. The molecule has 0 amide bonds. The number of carboxylic acid groups (broad SMARTS) is 1. The molecule has 0 radical (unpaired) electrons. The Morgan fingerprint density at radius 3 is 1.96 bits per heavy atom. The zero-order chi connectivity index (χ0) is 19.2. The van der Waals surface area contributed by atoms with E-state index in [-0.39, 0.29) is 17.2 Å². The van der Waals surface area contributed by atoms with Gasteiger partial charge in [0, 0.05) is 0 Å². The van der Waals surface area contributed by atoms with E-state index in [1.165, 1.54) is 57.1 Å². The van der Waals surface area contributed by atoms with E-state index in [9.17, 15) is 14.7 Å². The number of carbonyl (C=O) groups excluding carboxylic acids is 1. The number of rotatable bonds is 14. The Labute approximate surface area is 158 Å². The summed E-state index contributed by atoms with van der Waals surface area (Å²) < 4.78 is 5.55. The molecule has 0 saturated carbocycles. The van der Waals surface area contributed by atoms with Crippen LogP contribution in [0, 0.1) is 0 Å². The molecule has 1 unspecified atom stereocenters. The number of esters is 1. The lowest BCUT2D eigenvalue weighted by Crippen LogP contribution is -2.19. The number of ether oxygens (including phenoxy) is 1. The fourth-order valence-electron chi connectivity index (χ4n) is 3.09. The van der Waals surface area contributed by atoms with Crippen molar-refractivity contribution in [2.24, 2.45) is 0 Å². The monoisotopic (exact) mass is 362 g/mol. The van der Waals surface area contributed by atoms with Gasteiger partial charge in [-0.15, -0.1) is 0 Å². The first-order valence-corrected chi connectivity index (χ1v) is 10.1. The van der Waals surface area contributed by atoms with Crippen molar-refractivity contribution < 1.29 is 19.4 Å². The second kappa shape index (κ2) is 13.4. The molecular weight excluding hydrogens is 328 g/mol. The lowest BCUT2D eigenvalue weighted by Gasteiger charge is -2.17. The molecule has 0 bridgehead atoms. The summed E-state index contributed by atoms with van der Waals surface area (Å²) in [5.74, 6) is -1.64. The minimum atomic E-state index is -1.11. The second-order valence-electron chi connectivity index (χ2n) is 6.90. The molecule has 4 nitrogen and oxygen atoms in total. The van der Waals surface area contributed by atoms with E-state index in [1.54, 1.807) is 12.1 Å². The van der Waals surface area contributed by atoms with Crippen LogP contribution >= 0.6 is 0 Å². The van der Waals surface area contributed by atoms with Crippen LogP contribution in [0.25, 0.3) is 0 Å². The average molecular weight is 363 g/mol. The fraction of sp³-hybridized carbons (Fsp3) is 0.636. The van der Waals surface area contributed by atoms with E-state index >= 15 is 0 Å². The van der Waals surface area contributed by atoms with Crippen molar-refractivity contribution >= 4 is 11.9 Å². The number of benzene rings is 1. The largest absolute Gasteiger partial charge is 0.478 e. The first-order valence-electron chi connectivity index (χ1n) is 10.1. The molecule has 0 fully saturated rings. The Morgan fingerprint density at radius 2 is 1.42 bits per heavy atom. The molecule has 1 atom stereocenters. The van der Waals surface area contributed by atoms with Crippen LogP contribution < -0.4 is 0 Å². The van der Waals surface area contributed by atoms with Crippen molar-refractivity contribution in [1.82, 2.24) is 0 Å². The Kier molecular flexibility index (Phi) is 11.4. The molecule has 26 heavy (non-hydrogen) atoms. The van der Waals surface area contributed by atoms with E-state index in [4.69, 9.17) is 4.74 Å². The Hall–Kier alpha value is -1.84. The third kappa shape index (κ3) is 8.50. The standard InChI is InChI=1S/C22H34O4/c1-3-5-6-7-8-9-10-11-12-15-18(4-2)26-22(25)20-17-14-13-16-19(20)21(23)24/h13-14,16-18H,3-12,15H2,1-2H3,(H,23,24). The van der Waals surface area contributed by atoms with Crippen LogP contribution in [0.4, 0.5) is 0 Å². The summed E-state index contributed by atoms with van der Waals surface area (Å²) in [4.78, 5) is 23.5. The van der Waals surface area contributed by atoms with E-state index < -0.39 is 11.9 Å². The highest BCUT2D eigenvalue weighted by atomic mass is 16.5. The fourth-order valence-corrected chi connectivity index (χ4v) is 3.09. The predicted octanol–water partition coefficient (Wildman–Crippen LogP) is 6.24. The molecule has 0 aliphatic rings. The highest BCUT2D eigenvalue weighted by Crippen LogP contribution is 2.17. The van der Waals surface area contributed by atoms with Crippen molar-refractivity contribution in [3.05, 3.63) is 35.4 Å². The smallest absolute Gasteiger partial charge is 0.339 e. The topological polar surface area (TPSA) is 63.6 Å². The van der Waals surface area contributed by atoms with Crippen LogP contribution in [0.1, 0.15) is 105 Å². The van der Waals surface area contributed by atoms with Gasteiger partial charge < -0.3 is 9.84 Å². The quantitative estimate of drug-likeness (QED) is 0.314. The summed E-state index contributed by atoms with van der Waals surface area (Å²) in [6, 6.07) is 6.21. The van der Waals surface area contributed by atoms with Crippen LogP contribution in [-0.2, 0) is 4.74 Å². The van der Waals surface area contributed by atoms with Crippen LogP contribution in [0.2, 0.25) is 0 Å². The minimum Gasteiger partial charge on any atom is -0.478 e. The molecule has 0 aliphatic carbocycles. The van der Waals surface area contributed by atoms with Gasteiger partial charge in [-0.1, -0.05) is 77.3 Å². The number of unbranched alkanes of at least 4 members (excludes halogenated alkanes) is 8. The van der Waals surface area contributed by atoms with E-state index in [0.717, 1.165) is 25.7 Å². The van der Waals surface area contributed by atoms with Gasteiger partial charge >= 0.3 is 11.9 Å². The first-order chi connectivity index (χ1) is 12.6. The van der Waals surface area contributed by atoms with Crippen LogP contribution in [0.15, 0.2) is 24.3 Å². The van der Waals surface area contributed by atoms with E-state index in [0.29, 0.717) is 0 Å². The molecule has 0 aromatic heterocycles. The summed E-state index contributed by atoms with van der Waals surface area (Å²) in [7, 11) is 0. The molecule has 0 heterocycles. The normalized spacial score (nSPS) is 11.9. The lowest BCUT2D eigenvalue weighted by atomic mass is 10.0. The van der Waals surface area contributed by atoms with Gasteiger partial charge in [0.15, 0.2) is 0 Å². The maximum absolute atomic E-state index is 12.3. The Morgan fingerprint density at radius 1 is 0.885 bits per heavy atom. The van der Waals surface area contributed by atoms with Crippen molar-refractivity contribution in [3.8, 4) is 0 Å². The van der Waals surface area contributed by atoms with Crippen molar-refractivity contribution in [2.75, 3.05) is 0 Å². The molecule has 0 saturated heterocycles. The molecule has 1 rings (SSSR count). The molecular formula is C22H34O4. The minimum absolute atomic E-state index is 0.00424. The highest BCUT2D eigenvalue weighted by Gasteiger charge is 2.20. The summed E-state index contributed by atoms with van der Waals surface area (Å²) in [5, 5.41) is 9.19. The Bertz CT molecular complexity index is 539. The first kappa shape index (κ1) is 22.2. The number of hydrogen-bond acceptors (Lipinski definition) is 3. The van der Waals surface area contributed by atoms with Crippen LogP contribution in [0.5, 0.6) is 0 Å². The number of aromatic carboxylic acids is 1. The molecule has 1 N–H and O–H groups in total. The van der Waals surface area contributed by atoms with Crippen LogP contribution in [0.3, 0.4) is 0 Å². The van der Waals surface area contributed by atoms with Gasteiger partial charge in [0.2, 0.25) is 0 Å². The zero-order valence-corrected chi connectivity index (χ0v) is 16.3. The van der Waals surface area contributed by atoms with E-state index in [2.05, 4.69) is 6.92 Å². The lowest BCUT2D eigenvalue weighted by molar-refractivity contribution is 0.0262. The maximum atomic E-state index is 12.3. The van der Waals surface area contributed by atoms with E-state index in [1.807, 2.05) is 6.92 Å². The van der Waals surface area contributed by atoms with Gasteiger partial charge in [-0.2, -0.15) is 0 Å². The molecule has 146 valence electrons. The van der Waals surface area contributed by atoms with Crippen molar-refractivity contribution in [3.63, 3.8) is 0 Å². The highest BCUT2D eigenvalue weighted by molar-refractivity contribution is 6.02. The average Bonchev–Trinajstić information content (AvgIpc) is 2.65. The third-order valence-electron chi connectivity index (χ3n) is 4.74. The Balaban J connectivity index is 2.30. The number of hydrogen-bond donors (Lipinski definition) is 1. The van der Waals surface area contributed by atoms with Gasteiger partial charge in [-0.05, 0) is 31.4 Å². The molecule has 1 aromatic carbocycles. The summed E-state index contributed by atoms with van der Waals surface area (Å²) >= 11 is 0. The summed E-state index contributed by atoms with van der Waals surface area (Å²) in [6.45, 7) is 4.23. The van der Waals surface area contributed by atoms with Gasteiger partial charge in [-0.3, -0.25) is 0 Å². The van der Waals surface area contributed by atoms with Gasteiger partial charge in [0.05, 0.1) is 11.1 Å². The van der Waals surface area contributed by atoms with Crippen LogP contribution in [-0.4, -0.2) is 23.1 Å². The number of carbonyl (C=O) groups is 2. The SMILES string of the molecule is CCCCCCCCCCCC(CC)OC(=O)c1ccccc1C(=O)O. The molecule has 1 aromatic rings. The maximum Gasteiger partial charge on any atom is 0.339 e. The molecule has 0 spiro atoms. The predicted molar refractivity (Wildman–Crippen MR) is 105 cm³/mol. The second-order valence-corrected chi connectivity index (χ2v) is 6.90. The van der Waals surface area contributed by atoms with Gasteiger partial charge in [0.25, 0.3) is 0 Å². The van der Waals surface area contributed by atoms with Gasteiger partial charge in [0.1, 0.15) is 6.10 Å². The van der Waals surface area contributed by atoms with Crippen molar-refractivity contribution in [2.45, 2.75) is 90.6 Å².